The highest BCUT2D eigenvalue weighted by molar-refractivity contribution is 5.97. The molecule has 1 atom stereocenters. The van der Waals surface area contributed by atoms with Gasteiger partial charge in [-0.15, -0.1) is 0 Å². The summed E-state index contributed by atoms with van der Waals surface area (Å²) in [7, 11) is 0. The van der Waals surface area contributed by atoms with Crippen molar-refractivity contribution in [2.24, 2.45) is 0 Å². The summed E-state index contributed by atoms with van der Waals surface area (Å²) < 4.78 is 0. The van der Waals surface area contributed by atoms with E-state index in [1.807, 2.05) is 12.3 Å². The van der Waals surface area contributed by atoms with Crippen LogP contribution in [0.15, 0.2) is 60.8 Å². The first kappa shape index (κ1) is 11.8. The first-order chi connectivity index (χ1) is 10.8. The molecule has 3 heterocycles. The Balaban J connectivity index is 1.64. The van der Waals surface area contributed by atoms with Crippen LogP contribution >= 0.6 is 0 Å². The van der Waals surface area contributed by atoms with Gasteiger partial charge in [-0.2, -0.15) is 0 Å². The van der Waals surface area contributed by atoms with Gasteiger partial charge in [0.2, 0.25) is 0 Å². The fourth-order valence-corrected chi connectivity index (χ4v) is 3.49. The molecule has 3 nitrogen and oxygen atoms in total. The first-order valence-electron chi connectivity index (χ1n) is 7.54. The minimum atomic E-state index is -0.248. The van der Waals surface area contributed by atoms with Gasteiger partial charge < -0.3 is 10.6 Å². The number of para-hydroxylation sites is 1. The van der Waals surface area contributed by atoms with Crippen molar-refractivity contribution in [1.29, 1.82) is 0 Å². The maximum absolute atomic E-state index is 4.57. The largest absolute Gasteiger partial charge is 0.359 e. The summed E-state index contributed by atoms with van der Waals surface area (Å²) in [5, 5.41) is 8.49. The van der Waals surface area contributed by atoms with Crippen molar-refractivity contribution in [3.63, 3.8) is 0 Å². The lowest BCUT2D eigenvalue weighted by molar-refractivity contribution is 0.684. The Morgan fingerprint density at radius 3 is 2.86 bits per heavy atom. The van der Waals surface area contributed by atoms with Crippen molar-refractivity contribution in [1.82, 2.24) is 4.98 Å². The second-order valence-electron chi connectivity index (χ2n) is 5.99. The van der Waals surface area contributed by atoms with E-state index in [0.717, 1.165) is 23.0 Å². The van der Waals surface area contributed by atoms with E-state index in [0.29, 0.717) is 0 Å². The minimum absolute atomic E-state index is 0.248. The molecule has 1 aromatic heterocycles. The highest BCUT2D eigenvalue weighted by Gasteiger charge is 2.36. The summed E-state index contributed by atoms with van der Waals surface area (Å²) in [6.07, 6.45) is 7.21. The van der Waals surface area contributed by atoms with Gasteiger partial charge in [0.1, 0.15) is 5.66 Å². The maximum atomic E-state index is 4.57. The van der Waals surface area contributed by atoms with E-state index in [1.54, 1.807) is 0 Å². The number of rotatable bonds is 0. The number of pyridine rings is 1. The zero-order valence-corrected chi connectivity index (χ0v) is 12.0. The molecule has 2 N–H and O–H groups in total. The zero-order chi connectivity index (χ0) is 14.6. The normalized spacial score (nSPS) is 21.3. The Morgan fingerprint density at radius 1 is 0.955 bits per heavy atom. The van der Waals surface area contributed by atoms with E-state index >= 15 is 0 Å². The molecule has 0 bridgehead atoms. The second kappa shape index (κ2) is 4.10. The third-order valence-electron chi connectivity index (χ3n) is 4.55. The Labute approximate surface area is 128 Å². The van der Waals surface area contributed by atoms with Crippen LogP contribution < -0.4 is 10.6 Å². The number of fused-ring (bicyclic) bond motifs is 4. The lowest BCUT2D eigenvalue weighted by Crippen LogP contribution is -2.44. The molecule has 5 rings (SSSR count). The highest BCUT2D eigenvalue weighted by Crippen LogP contribution is 2.40. The predicted octanol–water partition coefficient (Wildman–Crippen LogP) is 4.04. The summed E-state index contributed by atoms with van der Waals surface area (Å²) in [5.41, 5.74) is 5.63. The predicted molar refractivity (Wildman–Crippen MR) is 90.9 cm³/mol. The molecule has 2 aromatic carbocycles. The molecule has 0 saturated heterocycles. The van der Waals surface area contributed by atoms with Crippen molar-refractivity contribution in [2.75, 3.05) is 10.6 Å². The third kappa shape index (κ3) is 1.59. The van der Waals surface area contributed by atoms with Crippen LogP contribution in [-0.4, -0.2) is 10.6 Å². The summed E-state index contributed by atoms with van der Waals surface area (Å²) in [6, 6.07) is 16.8. The summed E-state index contributed by atoms with van der Waals surface area (Å²) in [5.74, 6) is 0. The summed E-state index contributed by atoms with van der Waals surface area (Å²) >= 11 is 0. The minimum Gasteiger partial charge on any atom is -0.359 e. The van der Waals surface area contributed by atoms with Gasteiger partial charge in [0.25, 0.3) is 0 Å². The smallest absolute Gasteiger partial charge is 0.132 e. The van der Waals surface area contributed by atoms with Crippen LogP contribution in [0.25, 0.3) is 17.0 Å². The van der Waals surface area contributed by atoms with Crippen molar-refractivity contribution in [3.8, 4) is 0 Å². The molecule has 3 heteroatoms. The van der Waals surface area contributed by atoms with Crippen LogP contribution in [0.3, 0.4) is 0 Å². The Bertz CT molecular complexity index is 902. The lowest BCUT2D eigenvalue weighted by Gasteiger charge is -2.33. The number of nitrogens with zero attached hydrogens (tertiary/aromatic N) is 1. The molecule has 1 unspecified atom stereocenters. The van der Waals surface area contributed by atoms with Crippen molar-refractivity contribution in [2.45, 2.75) is 12.1 Å². The van der Waals surface area contributed by atoms with Crippen LogP contribution in [0.4, 0.5) is 11.4 Å². The number of anilines is 2. The zero-order valence-electron chi connectivity index (χ0n) is 12.0. The Kier molecular flexibility index (Phi) is 2.20. The second-order valence-corrected chi connectivity index (χ2v) is 5.99. The SMILES string of the molecule is C1=CC2(Cc3ccccc3N2)Nc2c1ccc1cccnc21. The molecule has 22 heavy (non-hydrogen) atoms. The van der Waals surface area contributed by atoms with Crippen molar-refractivity contribution >= 4 is 28.4 Å². The van der Waals surface area contributed by atoms with E-state index in [2.05, 4.69) is 70.2 Å². The molecule has 0 radical (unpaired) electrons. The van der Waals surface area contributed by atoms with Gasteiger partial charge in [-0.1, -0.05) is 42.5 Å². The summed E-state index contributed by atoms with van der Waals surface area (Å²) in [6.45, 7) is 0. The van der Waals surface area contributed by atoms with Gasteiger partial charge in [-0.05, 0) is 29.3 Å². The van der Waals surface area contributed by atoms with Gasteiger partial charge >= 0.3 is 0 Å². The van der Waals surface area contributed by atoms with Gasteiger partial charge in [0, 0.05) is 23.7 Å². The molecule has 2 aliphatic rings. The Hall–Kier alpha value is -2.81. The topological polar surface area (TPSA) is 37.0 Å². The molecule has 0 aliphatic carbocycles. The van der Waals surface area contributed by atoms with Gasteiger partial charge in [0.15, 0.2) is 0 Å². The van der Waals surface area contributed by atoms with Gasteiger partial charge in [0.05, 0.1) is 11.2 Å². The fraction of sp³-hybridized carbons (Fsp3) is 0.105. The molecule has 0 fully saturated rings. The number of benzene rings is 2. The molecule has 3 aromatic rings. The number of hydrogen-bond acceptors (Lipinski definition) is 3. The number of nitrogens with one attached hydrogen (secondary N) is 2. The third-order valence-corrected chi connectivity index (χ3v) is 4.55. The molecular weight excluding hydrogens is 270 g/mol. The number of hydrogen-bond donors (Lipinski definition) is 2. The lowest BCUT2D eigenvalue weighted by atomic mass is 9.96. The molecule has 0 saturated carbocycles. The van der Waals surface area contributed by atoms with Crippen LogP contribution in [0.5, 0.6) is 0 Å². The van der Waals surface area contributed by atoms with E-state index in [4.69, 9.17) is 0 Å². The summed E-state index contributed by atoms with van der Waals surface area (Å²) in [4.78, 5) is 4.57. The van der Waals surface area contributed by atoms with Crippen LogP contribution in [0, 0.1) is 0 Å². The quantitative estimate of drug-likeness (QED) is 0.654. The molecule has 106 valence electrons. The average molecular weight is 285 g/mol. The standard InChI is InChI=1S/C19H15N3/c1-2-6-16-15(4-1)12-19(21-16)10-9-14-8-7-13-5-3-11-20-17(13)18(14)22-19/h1-11,21-22H,12H2. The van der Waals surface area contributed by atoms with Crippen molar-refractivity contribution in [3.05, 3.63) is 71.9 Å². The molecular formula is C19H15N3. The molecule has 0 amide bonds. The van der Waals surface area contributed by atoms with Crippen LogP contribution in [-0.2, 0) is 6.42 Å². The van der Waals surface area contributed by atoms with E-state index in [1.165, 1.54) is 16.8 Å². The van der Waals surface area contributed by atoms with Crippen LogP contribution in [0.1, 0.15) is 11.1 Å². The highest BCUT2D eigenvalue weighted by atomic mass is 15.2. The molecule has 2 aliphatic heterocycles. The maximum Gasteiger partial charge on any atom is 0.132 e. The van der Waals surface area contributed by atoms with E-state index < -0.39 is 0 Å². The number of aromatic nitrogens is 1. The Morgan fingerprint density at radius 2 is 1.91 bits per heavy atom. The molecule has 1 spiro atoms. The van der Waals surface area contributed by atoms with Gasteiger partial charge in [-0.25, -0.2) is 0 Å². The van der Waals surface area contributed by atoms with Gasteiger partial charge in [-0.3, -0.25) is 4.98 Å². The van der Waals surface area contributed by atoms with E-state index in [9.17, 15) is 0 Å². The average Bonchev–Trinajstić information content (AvgIpc) is 2.92. The van der Waals surface area contributed by atoms with Crippen LogP contribution in [0.2, 0.25) is 0 Å². The fourth-order valence-electron chi connectivity index (χ4n) is 3.49. The first-order valence-corrected chi connectivity index (χ1v) is 7.54. The van der Waals surface area contributed by atoms with E-state index in [-0.39, 0.29) is 5.66 Å². The monoisotopic (exact) mass is 285 g/mol. The van der Waals surface area contributed by atoms with Crippen molar-refractivity contribution < 1.29 is 0 Å².